The lowest BCUT2D eigenvalue weighted by Crippen LogP contribution is -2.48. The molecule has 0 aromatic rings. The Morgan fingerprint density at radius 3 is 1.69 bits per heavy atom. The summed E-state index contributed by atoms with van der Waals surface area (Å²) in [5.74, 6) is 0.325. The van der Waals surface area contributed by atoms with E-state index in [1.165, 1.54) is 0 Å². The summed E-state index contributed by atoms with van der Waals surface area (Å²) in [6.07, 6.45) is 3.68. The molecular formula is C10H14O3. The van der Waals surface area contributed by atoms with Crippen molar-refractivity contribution in [2.24, 2.45) is 0 Å². The van der Waals surface area contributed by atoms with Gasteiger partial charge in [0.05, 0.1) is 11.5 Å². The third kappa shape index (κ3) is 1.44. The Hall–Kier alpha value is -0.960. The first-order chi connectivity index (χ1) is 5.91. The Bertz CT molecular complexity index is 275. The first-order valence-corrected chi connectivity index (χ1v) is 4.38. The van der Waals surface area contributed by atoms with E-state index in [1.807, 2.05) is 39.8 Å². The second kappa shape index (κ2) is 2.29. The Labute approximate surface area is 78.0 Å². The molecule has 0 amide bonds. The van der Waals surface area contributed by atoms with Crippen LogP contribution in [0.15, 0.2) is 23.7 Å². The van der Waals surface area contributed by atoms with Gasteiger partial charge in [-0.1, -0.05) is 0 Å². The number of hydrogen-bond donors (Lipinski definition) is 0. The van der Waals surface area contributed by atoms with Crippen LogP contribution in [0.4, 0.5) is 0 Å². The lowest BCUT2D eigenvalue weighted by atomic mass is 10.1. The fourth-order valence-corrected chi connectivity index (χ4v) is 2.00. The summed E-state index contributed by atoms with van der Waals surface area (Å²) in [5.41, 5.74) is 0. The summed E-state index contributed by atoms with van der Waals surface area (Å²) < 4.78 is 16.8. The van der Waals surface area contributed by atoms with Gasteiger partial charge in [0, 0.05) is 26.0 Å². The predicted octanol–water partition coefficient (Wildman–Crippen LogP) is 2.30. The third-order valence-electron chi connectivity index (χ3n) is 2.06. The molecule has 2 aliphatic rings. The monoisotopic (exact) mass is 182 g/mol. The first-order valence-electron chi connectivity index (χ1n) is 4.38. The highest BCUT2D eigenvalue weighted by atomic mass is 16.8. The zero-order chi connectivity index (χ0) is 9.69. The number of fused-ring (bicyclic) bond motifs is 2. The van der Waals surface area contributed by atoms with Crippen LogP contribution in [-0.4, -0.2) is 11.6 Å². The molecule has 0 aromatic carbocycles. The molecule has 13 heavy (non-hydrogen) atoms. The average molecular weight is 182 g/mol. The molecule has 2 rings (SSSR count). The molecule has 0 spiro atoms. The smallest absolute Gasteiger partial charge is 0.234 e. The van der Waals surface area contributed by atoms with E-state index in [9.17, 15) is 0 Å². The van der Waals surface area contributed by atoms with E-state index < -0.39 is 11.6 Å². The van der Waals surface area contributed by atoms with Gasteiger partial charge in [-0.25, -0.2) is 0 Å². The highest BCUT2D eigenvalue weighted by molar-refractivity contribution is 5.15. The van der Waals surface area contributed by atoms with Crippen molar-refractivity contribution >= 4 is 0 Å². The molecule has 2 heterocycles. The predicted molar refractivity (Wildman–Crippen MR) is 47.6 cm³/mol. The Balaban J connectivity index is 2.44. The zero-order valence-electron chi connectivity index (χ0n) is 8.38. The molecule has 2 aliphatic heterocycles. The van der Waals surface area contributed by atoms with Gasteiger partial charge in [-0.2, -0.15) is 0 Å². The Kier molecular flexibility index (Phi) is 1.52. The van der Waals surface area contributed by atoms with Gasteiger partial charge in [0.15, 0.2) is 0 Å². The molecule has 2 bridgehead atoms. The molecule has 3 heteroatoms. The van der Waals surface area contributed by atoms with Crippen molar-refractivity contribution in [1.29, 1.82) is 0 Å². The molecule has 3 nitrogen and oxygen atoms in total. The van der Waals surface area contributed by atoms with Gasteiger partial charge in [0.2, 0.25) is 11.6 Å². The van der Waals surface area contributed by atoms with E-state index in [0.717, 1.165) is 11.5 Å². The normalized spacial score (nSPS) is 42.8. The summed E-state index contributed by atoms with van der Waals surface area (Å²) in [6.45, 7) is 7.56. The molecule has 0 saturated carbocycles. The quantitative estimate of drug-likeness (QED) is 0.575. The lowest BCUT2D eigenvalue weighted by molar-refractivity contribution is -0.319. The molecule has 0 N–H and O–H groups in total. The molecule has 0 fully saturated rings. The molecule has 0 saturated heterocycles. The maximum atomic E-state index is 5.64. The van der Waals surface area contributed by atoms with Crippen molar-refractivity contribution in [3.8, 4) is 0 Å². The van der Waals surface area contributed by atoms with E-state index in [2.05, 4.69) is 0 Å². The van der Waals surface area contributed by atoms with Crippen LogP contribution in [0, 0.1) is 0 Å². The van der Waals surface area contributed by atoms with E-state index in [-0.39, 0.29) is 0 Å². The molecule has 72 valence electrons. The van der Waals surface area contributed by atoms with Crippen LogP contribution in [-0.2, 0) is 14.2 Å². The second-order valence-electron chi connectivity index (χ2n) is 3.85. The molecule has 0 radical (unpaired) electrons. The fraction of sp³-hybridized carbons (Fsp3) is 0.600. The van der Waals surface area contributed by atoms with Gasteiger partial charge >= 0.3 is 0 Å². The van der Waals surface area contributed by atoms with Crippen molar-refractivity contribution < 1.29 is 14.2 Å². The van der Waals surface area contributed by atoms with Gasteiger partial charge < -0.3 is 9.47 Å². The zero-order valence-corrected chi connectivity index (χ0v) is 8.38. The van der Waals surface area contributed by atoms with Crippen LogP contribution in [0.1, 0.15) is 27.7 Å². The van der Waals surface area contributed by atoms with Crippen molar-refractivity contribution in [1.82, 2.24) is 0 Å². The van der Waals surface area contributed by atoms with Crippen LogP contribution in [0.2, 0.25) is 0 Å². The lowest BCUT2D eigenvalue weighted by Gasteiger charge is -2.44. The Morgan fingerprint density at radius 2 is 1.31 bits per heavy atom. The molecule has 0 aliphatic carbocycles. The molecule has 2 unspecified atom stereocenters. The number of allylic oxidation sites excluding steroid dienone is 2. The summed E-state index contributed by atoms with van der Waals surface area (Å²) in [7, 11) is 0. The van der Waals surface area contributed by atoms with Crippen LogP contribution < -0.4 is 0 Å². The highest BCUT2D eigenvalue weighted by Gasteiger charge is 2.44. The molecule has 2 atom stereocenters. The van der Waals surface area contributed by atoms with Crippen molar-refractivity contribution in [3.05, 3.63) is 23.7 Å². The van der Waals surface area contributed by atoms with Gasteiger partial charge in [-0.15, -0.1) is 0 Å². The maximum Gasteiger partial charge on any atom is 0.234 e. The van der Waals surface area contributed by atoms with Crippen LogP contribution in [0.3, 0.4) is 0 Å². The summed E-state index contributed by atoms with van der Waals surface area (Å²) in [5, 5.41) is 0. The van der Waals surface area contributed by atoms with E-state index in [0.29, 0.717) is 0 Å². The number of ether oxygens (including phenoxy) is 3. The minimum absolute atomic E-state index is 0.671. The van der Waals surface area contributed by atoms with Crippen molar-refractivity contribution in [2.45, 2.75) is 39.3 Å². The summed E-state index contributed by atoms with van der Waals surface area (Å²) in [6, 6.07) is 0. The Morgan fingerprint density at radius 1 is 0.923 bits per heavy atom. The minimum atomic E-state index is -0.671. The van der Waals surface area contributed by atoms with E-state index in [1.54, 1.807) is 0 Å². The number of hydrogen-bond acceptors (Lipinski definition) is 3. The third-order valence-corrected chi connectivity index (χ3v) is 2.06. The highest BCUT2D eigenvalue weighted by Crippen LogP contribution is 2.39. The average Bonchev–Trinajstić information content (AvgIpc) is 1.75. The standard InChI is InChI=1S/C10H14O3/c1-7-5-9(3)12-8(2)6-10(4,11-7)13-9/h5-6H,1-4H3. The molecule has 0 aromatic heterocycles. The van der Waals surface area contributed by atoms with Gasteiger partial charge in [-0.3, -0.25) is 4.74 Å². The minimum Gasteiger partial charge on any atom is -0.463 e. The number of rotatable bonds is 0. The van der Waals surface area contributed by atoms with Crippen molar-refractivity contribution in [2.75, 3.05) is 0 Å². The van der Waals surface area contributed by atoms with Gasteiger partial charge in [0.25, 0.3) is 0 Å². The summed E-state index contributed by atoms with van der Waals surface area (Å²) in [4.78, 5) is 0. The SMILES string of the molecule is CC1=CC2(C)OC(C)=CC(C)(O1)O2. The fourth-order valence-electron chi connectivity index (χ4n) is 2.00. The van der Waals surface area contributed by atoms with E-state index >= 15 is 0 Å². The topological polar surface area (TPSA) is 27.7 Å². The first kappa shape index (κ1) is 8.63. The second-order valence-corrected chi connectivity index (χ2v) is 3.85. The van der Waals surface area contributed by atoms with Crippen LogP contribution >= 0.6 is 0 Å². The molecular weight excluding hydrogens is 168 g/mol. The van der Waals surface area contributed by atoms with Crippen LogP contribution in [0.25, 0.3) is 0 Å². The van der Waals surface area contributed by atoms with E-state index in [4.69, 9.17) is 14.2 Å². The summed E-state index contributed by atoms with van der Waals surface area (Å²) >= 11 is 0. The van der Waals surface area contributed by atoms with Gasteiger partial charge in [-0.05, 0) is 13.8 Å². The van der Waals surface area contributed by atoms with Crippen molar-refractivity contribution in [3.63, 3.8) is 0 Å². The maximum absolute atomic E-state index is 5.64. The largest absolute Gasteiger partial charge is 0.463 e. The van der Waals surface area contributed by atoms with Crippen LogP contribution in [0.5, 0.6) is 0 Å². The van der Waals surface area contributed by atoms with Gasteiger partial charge in [0.1, 0.15) is 0 Å².